The van der Waals surface area contributed by atoms with Gasteiger partial charge in [0.25, 0.3) is 0 Å². The van der Waals surface area contributed by atoms with Crippen LogP contribution in [0, 0.1) is 0 Å². The third-order valence-electron chi connectivity index (χ3n) is 2.46. The van der Waals surface area contributed by atoms with Gasteiger partial charge in [0.05, 0.1) is 5.52 Å². The Labute approximate surface area is 98.7 Å². The lowest BCUT2D eigenvalue weighted by Crippen LogP contribution is -1.88. The zero-order valence-corrected chi connectivity index (χ0v) is 9.08. The maximum absolute atomic E-state index is 5.74. The average Bonchev–Trinajstić information content (AvgIpc) is 2.40. The second-order valence-corrected chi connectivity index (χ2v) is 3.60. The molecule has 3 rings (SSSR count). The van der Waals surface area contributed by atoms with Crippen LogP contribution in [0.2, 0.25) is 0 Å². The number of benzene rings is 1. The van der Waals surface area contributed by atoms with Gasteiger partial charge in [-0.2, -0.15) is 0 Å². The molecule has 3 heteroatoms. The van der Waals surface area contributed by atoms with Crippen LogP contribution in [-0.2, 0) is 0 Å². The summed E-state index contributed by atoms with van der Waals surface area (Å²) in [6, 6.07) is 15.3. The maximum atomic E-state index is 5.74. The highest BCUT2D eigenvalue weighted by molar-refractivity contribution is 5.85. The van der Waals surface area contributed by atoms with Crippen molar-refractivity contribution in [3.8, 4) is 11.6 Å². The molecule has 0 aliphatic carbocycles. The minimum Gasteiger partial charge on any atom is -0.438 e. The highest BCUT2D eigenvalue weighted by Gasteiger charge is 2.03. The second kappa shape index (κ2) is 4.22. The highest BCUT2D eigenvalue weighted by Crippen LogP contribution is 2.27. The van der Waals surface area contributed by atoms with Crippen molar-refractivity contribution < 1.29 is 4.74 Å². The van der Waals surface area contributed by atoms with E-state index >= 15 is 0 Å². The van der Waals surface area contributed by atoms with Crippen LogP contribution in [0.4, 0.5) is 0 Å². The molecule has 17 heavy (non-hydrogen) atoms. The van der Waals surface area contributed by atoms with E-state index in [1.54, 1.807) is 12.4 Å². The van der Waals surface area contributed by atoms with Crippen molar-refractivity contribution in [1.29, 1.82) is 0 Å². The zero-order valence-electron chi connectivity index (χ0n) is 9.08. The van der Waals surface area contributed by atoms with Crippen LogP contribution in [0.3, 0.4) is 0 Å². The predicted octanol–water partition coefficient (Wildman–Crippen LogP) is 3.42. The SMILES string of the molecule is c1ccc(Oc2cccc3ncccc23)nc1. The molecule has 0 bridgehead atoms. The first kappa shape index (κ1) is 9.78. The first-order chi connectivity index (χ1) is 8.43. The molecule has 0 spiro atoms. The molecule has 0 aliphatic heterocycles. The van der Waals surface area contributed by atoms with Crippen LogP contribution in [-0.4, -0.2) is 9.97 Å². The zero-order chi connectivity index (χ0) is 11.5. The minimum absolute atomic E-state index is 0.587. The van der Waals surface area contributed by atoms with Gasteiger partial charge in [0.2, 0.25) is 5.88 Å². The predicted molar refractivity (Wildman–Crippen MR) is 66.1 cm³/mol. The molecule has 0 saturated carbocycles. The molecule has 0 atom stereocenters. The molecule has 2 aromatic heterocycles. The van der Waals surface area contributed by atoms with Crippen molar-refractivity contribution >= 4 is 10.9 Å². The third kappa shape index (κ3) is 1.95. The van der Waals surface area contributed by atoms with E-state index in [-0.39, 0.29) is 0 Å². The molecule has 3 nitrogen and oxygen atoms in total. The number of nitrogens with zero attached hydrogens (tertiary/aromatic N) is 2. The molecule has 0 N–H and O–H groups in total. The van der Waals surface area contributed by atoms with E-state index < -0.39 is 0 Å². The quantitative estimate of drug-likeness (QED) is 0.666. The lowest BCUT2D eigenvalue weighted by atomic mass is 10.2. The van der Waals surface area contributed by atoms with Crippen molar-refractivity contribution in [2.24, 2.45) is 0 Å². The van der Waals surface area contributed by atoms with Gasteiger partial charge in [-0.1, -0.05) is 12.1 Å². The Kier molecular flexibility index (Phi) is 2.43. The lowest BCUT2D eigenvalue weighted by Gasteiger charge is -2.06. The standard InChI is InChI=1S/C14H10N2O/c1-2-9-16-14(8-1)17-13-7-3-6-12-11(13)5-4-10-15-12/h1-10H. The summed E-state index contributed by atoms with van der Waals surface area (Å²) in [4.78, 5) is 8.42. The molecule has 0 unspecified atom stereocenters. The molecule has 0 radical (unpaired) electrons. The Hall–Kier alpha value is -2.42. The summed E-state index contributed by atoms with van der Waals surface area (Å²) in [6.07, 6.45) is 3.48. The van der Waals surface area contributed by atoms with Gasteiger partial charge in [-0.15, -0.1) is 0 Å². The molecule has 3 aromatic rings. The number of pyridine rings is 2. The largest absolute Gasteiger partial charge is 0.438 e. The number of hydrogen-bond donors (Lipinski definition) is 0. The topological polar surface area (TPSA) is 35.0 Å². The molecular weight excluding hydrogens is 212 g/mol. The van der Waals surface area contributed by atoms with Crippen molar-refractivity contribution in [2.75, 3.05) is 0 Å². The first-order valence-electron chi connectivity index (χ1n) is 5.36. The summed E-state index contributed by atoms with van der Waals surface area (Å²) in [5.74, 6) is 1.36. The van der Waals surface area contributed by atoms with Crippen LogP contribution in [0.25, 0.3) is 10.9 Å². The first-order valence-corrected chi connectivity index (χ1v) is 5.36. The Balaban J connectivity index is 2.06. The van der Waals surface area contributed by atoms with Crippen molar-refractivity contribution in [3.63, 3.8) is 0 Å². The summed E-state index contributed by atoms with van der Waals surface area (Å²) in [5, 5.41) is 0.987. The highest BCUT2D eigenvalue weighted by atomic mass is 16.5. The Morgan fingerprint density at radius 2 is 1.71 bits per heavy atom. The fourth-order valence-electron chi connectivity index (χ4n) is 1.68. The minimum atomic E-state index is 0.587. The van der Waals surface area contributed by atoms with Gasteiger partial charge in [-0.05, 0) is 30.3 Å². The van der Waals surface area contributed by atoms with E-state index in [1.807, 2.05) is 48.5 Å². The van der Waals surface area contributed by atoms with Crippen LogP contribution < -0.4 is 4.74 Å². The normalized spacial score (nSPS) is 10.4. The average molecular weight is 222 g/mol. The molecule has 0 fully saturated rings. The number of hydrogen-bond acceptors (Lipinski definition) is 3. The fourth-order valence-corrected chi connectivity index (χ4v) is 1.68. The molecule has 2 heterocycles. The number of ether oxygens (including phenoxy) is 1. The maximum Gasteiger partial charge on any atom is 0.219 e. The smallest absolute Gasteiger partial charge is 0.219 e. The van der Waals surface area contributed by atoms with E-state index in [9.17, 15) is 0 Å². The molecule has 1 aromatic carbocycles. The third-order valence-corrected chi connectivity index (χ3v) is 2.46. The molecule has 82 valence electrons. The molecule has 0 amide bonds. The van der Waals surface area contributed by atoms with Gasteiger partial charge >= 0.3 is 0 Å². The van der Waals surface area contributed by atoms with Gasteiger partial charge in [0.1, 0.15) is 5.75 Å². The van der Waals surface area contributed by atoms with E-state index in [1.165, 1.54) is 0 Å². The molecular formula is C14H10N2O. The molecule has 0 saturated heterocycles. The number of fused-ring (bicyclic) bond motifs is 1. The lowest BCUT2D eigenvalue weighted by molar-refractivity contribution is 0.468. The number of rotatable bonds is 2. The Morgan fingerprint density at radius 3 is 2.59 bits per heavy atom. The summed E-state index contributed by atoms with van der Waals surface area (Å²) in [5.41, 5.74) is 0.918. The molecule has 0 aliphatic rings. The van der Waals surface area contributed by atoms with Gasteiger partial charge < -0.3 is 4.74 Å². The second-order valence-electron chi connectivity index (χ2n) is 3.60. The summed E-state index contributed by atoms with van der Waals surface area (Å²) >= 11 is 0. The monoisotopic (exact) mass is 222 g/mol. The van der Waals surface area contributed by atoms with Gasteiger partial charge in [-0.25, -0.2) is 4.98 Å². The van der Waals surface area contributed by atoms with Crippen LogP contribution in [0.15, 0.2) is 60.9 Å². The van der Waals surface area contributed by atoms with Crippen molar-refractivity contribution in [3.05, 3.63) is 60.9 Å². The van der Waals surface area contributed by atoms with Crippen LogP contribution in [0.1, 0.15) is 0 Å². The number of aromatic nitrogens is 2. The van der Waals surface area contributed by atoms with Crippen molar-refractivity contribution in [2.45, 2.75) is 0 Å². The fraction of sp³-hybridized carbons (Fsp3) is 0. The van der Waals surface area contributed by atoms with E-state index in [4.69, 9.17) is 4.74 Å². The van der Waals surface area contributed by atoms with Gasteiger partial charge in [-0.3, -0.25) is 4.98 Å². The van der Waals surface area contributed by atoms with Gasteiger partial charge in [0, 0.05) is 23.8 Å². The Bertz CT molecular complexity index is 633. The van der Waals surface area contributed by atoms with Crippen molar-refractivity contribution in [1.82, 2.24) is 9.97 Å². The van der Waals surface area contributed by atoms with E-state index in [0.717, 1.165) is 16.7 Å². The van der Waals surface area contributed by atoms with E-state index in [2.05, 4.69) is 9.97 Å². The van der Waals surface area contributed by atoms with E-state index in [0.29, 0.717) is 5.88 Å². The Morgan fingerprint density at radius 1 is 0.765 bits per heavy atom. The van der Waals surface area contributed by atoms with Crippen LogP contribution >= 0.6 is 0 Å². The summed E-state index contributed by atoms with van der Waals surface area (Å²) < 4.78 is 5.74. The summed E-state index contributed by atoms with van der Waals surface area (Å²) in [7, 11) is 0. The summed E-state index contributed by atoms with van der Waals surface area (Å²) in [6.45, 7) is 0. The van der Waals surface area contributed by atoms with Crippen LogP contribution in [0.5, 0.6) is 11.6 Å². The van der Waals surface area contributed by atoms with Gasteiger partial charge in [0.15, 0.2) is 0 Å².